The zero-order valence-electron chi connectivity index (χ0n) is 15.2. The fourth-order valence-corrected chi connectivity index (χ4v) is 3.33. The van der Waals surface area contributed by atoms with E-state index in [4.69, 9.17) is 0 Å². The SMILES string of the molecule is Cc1cccc(NC(=O)C[NH+](C)CC(=O)N[C@@H](C)c2cccs2)c1C. The molecule has 134 valence electrons. The topological polar surface area (TPSA) is 62.6 Å². The van der Waals surface area contributed by atoms with Crippen LogP contribution in [0.1, 0.15) is 29.0 Å². The Morgan fingerprint density at radius 1 is 1.12 bits per heavy atom. The van der Waals surface area contributed by atoms with Crippen LogP contribution in [-0.4, -0.2) is 32.0 Å². The van der Waals surface area contributed by atoms with Crippen molar-refractivity contribution in [2.45, 2.75) is 26.8 Å². The fraction of sp³-hybridized carbons (Fsp3) is 0.368. The van der Waals surface area contributed by atoms with Crippen LogP contribution in [0.25, 0.3) is 0 Å². The lowest BCUT2D eigenvalue weighted by Gasteiger charge is -2.17. The molecular formula is C19H26N3O2S+. The Morgan fingerprint density at radius 3 is 2.52 bits per heavy atom. The predicted molar refractivity (Wildman–Crippen MR) is 102 cm³/mol. The second-order valence-electron chi connectivity index (χ2n) is 6.41. The zero-order valence-corrected chi connectivity index (χ0v) is 16.0. The maximum Gasteiger partial charge on any atom is 0.279 e. The van der Waals surface area contributed by atoms with Crippen molar-refractivity contribution in [1.29, 1.82) is 0 Å². The minimum atomic E-state index is -0.0923. The standard InChI is InChI=1S/C19H25N3O2S/c1-13-7-5-8-16(14(13)2)21-19(24)12-22(4)11-18(23)20-15(3)17-9-6-10-25-17/h5-10,15H,11-12H2,1-4H3,(H,20,23)(H,21,24)/p+1/t15-/m0/s1. The highest BCUT2D eigenvalue weighted by Crippen LogP contribution is 2.18. The molecule has 3 N–H and O–H groups in total. The summed E-state index contributed by atoms with van der Waals surface area (Å²) in [6.45, 7) is 6.47. The second kappa shape index (κ2) is 8.78. The molecule has 0 aliphatic carbocycles. The summed E-state index contributed by atoms with van der Waals surface area (Å²) in [5, 5.41) is 7.89. The summed E-state index contributed by atoms with van der Waals surface area (Å²) in [4.78, 5) is 26.3. The summed E-state index contributed by atoms with van der Waals surface area (Å²) in [7, 11) is 1.85. The van der Waals surface area contributed by atoms with Crippen molar-refractivity contribution in [3.63, 3.8) is 0 Å². The van der Waals surface area contributed by atoms with Crippen LogP contribution in [0.15, 0.2) is 35.7 Å². The Kier molecular flexibility index (Phi) is 6.73. The van der Waals surface area contributed by atoms with Crippen molar-refractivity contribution >= 4 is 28.8 Å². The van der Waals surface area contributed by atoms with Gasteiger partial charge in [0.25, 0.3) is 11.8 Å². The molecule has 1 heterocycles. The average Bonchev–Trinajstić information content (AvgIpc) is 3.05. The Hall–Kier alpha value is -2.18. The van der Waals surface area contributed by atoms with E-state index in [9.17, 15) is 9.59 Å². The molecule has 2 rings (SSSR count). The summed E-state index contributed by atoms with van der Waals surface area (Å²) in [6.07, 6.45) is 0. The molecule has 0 bridgehead atoms. The number of aryl methyl sites for hydroxylation is 1. The first-order valence-corrected chi connectivity index (χ1v) is 9.25. The van der Waals surface area contributed by atoms with Crippen LogP contribution < -0.4 is 15.5 Å². The molecule has 0 aliphatic heterocycles. The van der Waals surface area contributed by atoms with Gasteiger partial charge < -0.3 is 15.5 Å². The lowest BCUT2D eigenvalue weighted by molar-refractivity contribution is -0.862. The summed E-state index contributed by atoms with van der Waals surface area (Å²) < 4.78 is 0. The van der Waals surface area contributed by atoms with Crippen molar-refractivity contribution in [2.75, 3.05) is 25.5 Å². The van der Waals surface area contributed by atoms with Crippen LogP contribution in [0.2, 0.25) is 0 Å². The van der Waals surface area contributed by atoms with Crippen molar-refractivity contribution in [3.8, 4) is 0 Å². The van der Waals surface area contributed by atoms with Gasteiger partial charge in [-0.25, -0.2) is 0 Å². The first kappa shape index (κ1) is 19.1. The Labute approximate surface area is 153 Å². The molecule has 6 heteroatoms. The lowest BCUT2D eigenvalue weighted by Crippen LogP contribution is -3.11. The van der Waals surface area contributed by atoms with Crippen LogP contribution >= 0.6 is 11.3 Å². The van der Waals surface area contributed by atoms with Gasteiger partial charge >= 0.3 is 0 Å². The van der Waals surface area contributed by atoms with Gasteiger partial charge in [-0.15, -0.1) is 11.3 Å². The maximum absolute atomic E-state index is 12.2. The molecule has 0 saturated heterocycles. The molecule has 0 spiro atoms. The number of carbonyl (C=O) groups excluding carboxylic acids is 2. The molecule has 0 saturated carbocycles. The lowest BCUT2D eigenvalue weighted by atomic mass is 10.1. The van der Waals surface area contributed by atoms with Gasteiger partial charge in [-0.05, 0) is 49.4 Å². The van der Waals surface area contributed by atoms with Crippen LogP contribution in [0.4, 0.5) is 5.69 Å². The monoisotopic (exact) mass is 360 g/mol. The van der Waals surface area contributed by atoms with E-state index in [1.165, 1.54) is 0 Å². The molecule has 5 nitrogen and oxygen atoms in total. The third-order valence-corrected chi connectivity index (χ3v) is 5.21. The molecule has 2 aromatic rings. The highest BCUT2D eigenvalue weighted by Gasteiger charge is 2.17. The number of anilines is 1. The molecule has 1 aromatic carbocycles. The second-order valence-corrected chi connectivity index (χ2v) is 7.39. The van der Waals surface area contributed by atoms with Crippen molar-refractivity contribution < 1.29 is 14.5 Å². The summed E-state index contributed by atoms with van der Waals surface area (Å²) in [5.41, 5.74) is 3.03. The van der Waals surface area contributed by atoms with E-state index in [0.29, 0.717) is 0 Å². The normalized spacial score (nSPS) is 13.1. The molecule has 0 aliphatic rings. The Bertz CT molecular complexity index is 728. The van der Waals surface area contributed by atoms with Gasteiger partial charge in [-0.2, -0.15) is 0 Å². The van der Waals surface area contributed by atoms with Gasteiger partial charge in [0.05, 0.1) is 13.1 Å². The van der Waals surface area contributed by atoms with Crippen LogP contribution in [0, 0.1) is 13.8 Å². The number of quaternary nitrogens is 1. The third kappa shape index (κ3) is 5.69. The smallest absolute Gasteiger partial charge is 0.279 e. The van der Waals surface area contributed by atoms with E-state index in [1.807, 2.05) is 63.5 Å². The van der Waals surface area contributed by atoms with Crippen molar-refractivity contribution in [1.82, 2.24) is 5.32 Å². The van der Waals surface area contributed by atoms with Crippen LogP contribution in [0.3, 0.4) is 0 Å². The van der Waals surface area contributed by atoms with E-state index < -0.39 is 0 Å². The number of thiophene rings is 1. The van der Waals surface area contributed by atoms with E-state index in [0.717, 1.165) is 26.6 Å². The number of hydrogen-bond donors (Lipinski definition) is 3. The van der Waals surface area contributed by atoms with E-state index in [-0.39, 0.29) is 30.9 Å². The van der Waals surface area contributed by atoms with Gasteiger partial charge in [0.1, 0.15) is 0 Å². The highest BCUT2D eigenvalue weighted by atomic mass is 32.1. The molecule has 1 aromatic heterocycles. The molecule has 0 fully saturated rings. The predicted octanol–water partition coefficient (Wildman–Crippen LogP) is 1.70. The van der Waals surface area contributed by atoms with E-state index >= 15 is 0 Å². The minimum Gasteiger partial charge on any atom is -0.344 e. The van der Waals surface area contributed by atoms with Gasteiger partial charge in [0, 0.05) is 10.6 Å². The van der Waals surface area contributed by atoms with Crippen molar-refractivity contribution in [3.05, 3.63) is 51.7 Å². The molecule has 2 atom stereocenters. The molecular weight excluding hydrogens is 334 g/mol. The largest absolute Gasteiger partial charge is 0.344 e. The molecule has 1 unspecified atom stereocenters. The third-order valence-electron chi connectivity index (χ3n) is 4.15. The summed E-state index contributed by atoms with van der Waals surface area (Å²) >= 11 is 1.62. The number of nitrogens with one attached hydrogen (secondary N) is 3. The van der Waals surface area contributed by atoms with Crippen molar-refractivity contribution in [2.24, 2.45) is 0 Å². The van der Waals surface area contributed by atoms with E-state index in [2.05, 4.69) is 10.6 Å². The van der Waals surface area contributed by atoms with Gasteiger partial charge in [0.2, 0.25) is 0 Å². The zero-order chi connectivity index (χ0) is 18.4. The fourth-order valence-electron chi connectivity index (χ4n) is 2.59. The van der Waals surface area contributed by atoms with E-state index in [1.54, 1.807) is 11.3 Å². The van der Waals surface area contributed by atoms with Gasteiger partial charge in [-0.1, -0.05) is 18.2 Å². The number of likely N-dealkylation sites (N-methyl/N-ethyl adjacent to an activating group) is 1. The number of benzene rings is 1. The highest BCUT2D eigenvalue weighted by molar-refractivity contribution is 7.10. The number of amides is 2. The number of carbonyl (C=O) groups is 2. The average molecular weight is 361 g/mol. The van der Waals surface area contributed by atoms with Gasteiger partial charge in [0.15, 0.2) is 13.1 Å². The molecule has 2 amide bonds. The number of rotatable bonds is 7. The Morgan fingerprint density at radius 2 is 1.84 bits per heavy atom. The first-order chi connectivity index (χ1) is 11.9. The summed E-state index contributed by atoms with van der Waals surface area (Å²) in [5.74, 6) is -0.150. The van der Waals surface area contributed by atoms with Gasteiger partial charge in [-0.3, -0.25) is 9.59 Å². The minimum absolute atomic E-state index is 0.0101. The quantitative estimate of drug-likeness (QED) is 0.704. The van der Waals surface area contributed by atoms with Crippen LogP contribution in [-0.2, 0) is 9.59 Å². The number of hydrogen-bond acceptors (Lipinski definition) is 3. The maximum atomic E-state index is 12.2. The Balaban J connectivity index is 1.80. The molecule has 0 radical (unpaired) electrons. The summed E-state index contributed by atoms with van der Waals surface area (Å²) in [6, 6.07) is 9.80. The molecule has 25 heavy (non-hydrogen) atoms. The van der Waals surface area contributed by atoms with Crippen LogP contribution in [0.5, 0.6) is 0 Å². The first-order valence-electron chi connectivity index (χ1n) is 8.37.